The molecule has 0 aromatic heterocycles. The molecule has 1 aromatic carbocycles. The number of hydrogen-bond donors (Lipinski definition) is 1. The fraction of sp³-hybridized carbons (Fsp3) is 0.760. The minimum Gasteiger partial charge on any atom is -0.507 e. The van der Waals surface area contributed by atoms with E-state index in [2.05, 4.69) is 55.4 Å². The van der Waals surface area contributed by atoms with Crippen molar-refractivity contribution < 1.29 is 18.7 Å². The molecule has 0 aliphatic heterocycles. The number of phenolic OH excluding ortho intramolecular Hbond substituents is 1. The maximum absolute atomic E-state index is 13.6. The Hall–Kier alpha value is -0.830. The summed E-state index contributed by atoms with van der Waals surface area (Å²) in [6, 6.07) is 3.95. The van der Waals surface area contributed by atoms with Gasteiger partial charge in [-0.1, -0.05) is 93.2 Å². The van der Waals surface area contributed by atoms with Gasteiger partial charge in [-0.05, 0) is 40.4 Å². The summed E-state index contributed by atoms with van der Waals surface area (Å²) < 4.78 is 25.3. The maximum atomic E-state index is 13.6. The zero-order chi connectivity index (χ0) is 23.0. The number of aromatic hydroxyl groups is 1. The number of hydrogen-bond acceptors (Lipinski definition) is 4. The van der Waals surface area contributed by atoms with Crippen LogP contribution in [0.2, 0.25) is 0 Å². The highest BCUT2D eigenvalue weighted by molar-refractivity contribution is 7.53. The topological polar surface area (TPSA) is 55.8 Å². The molecule has 0 fully saturated rings. The molecule has 4 nitrogen and oxygen atoms in total. The molecule has 0 aliphatic rings. The summed E-state index contributed by atoms with van der Waals surface area (Å²) in [5.74, 6) is 0.335. The van der Waals surface area contributed by atoms with Crippen LogP contribution in [0.3, 0.4) is 0 Å². The van der Waals surface area contributed by atoms with Crippen molar-refractivity contribution in [2.24, 2.45) is 0 Å². The van der Waals surface area contributed by atoms with Crippen LogP contribution < -0.4 is 0 Å². The van der Waals surface area contributed by atoms with Crippen LogP contribution in [0.15, 0.2) is 12.1 Å². The maximum Gasteiger partial charge on any atom is 0.335 e. The third-order valence-corrected chi connectivity index (χ3v) is 7.14. The summed E-state index contributed by atoms with van der Waals surface area (Å²) in [6.45, 7) is 17.7. The lowest BCUT2D eigenvalue weighted by molar-refractivity contribution is 0.197. The first-order valence-electron chi connectivity index (χ1n) is 11.6. The summed E-state index contributed by atoms with van der Waals surface area (Å²) in [7, 11) is -3.26. The Kier molecular flexibility index (Phi) is 10.6. The molecule has 1 aromatic rings. The zero-order valence-electron chi connectivity index (χ0n) is 20.6. The van der Waals surface area contributed by atoms with Crippen molar-refractivity contribution in [2.75, 3.05) is 13.2 Å². The van der Waals surface area contributed by atoms with Crippen LogP contribution in [0.4, 0.5) is 0 Å². The molecule has 30 heavy (non-hydrogen) atoms. The molecule has 0 heterocycles. The molecule has 0 unspecified atom stereocenters. The predicted molar refractivity (Wildman–Crippen MR) is 128 cm³/mol. The average Bonchev–Trinajstić information content (AvgIpc) is 2.62. The summed E-state index contributed by atoms with van der Waals surface area (Å²) in [4.78, 5) is 0. The second-order valence-corrected chi connectivity index (χ2v) is 12.4. The SMILES string of the molecule is CCCCCOP(=O)(Cc1cc(C(C)(C)C)c(O)c(C(C)(C)C)c1)OCCCCC. The van der Waals surface area contributed by atoms with Gasteiger partial charge in [0.1, 0.15) is 5.75 Å². The Morgan fingerprint density at radius 3 is 1.53 bits per heavy atom. The molecule has 0 spiro atoms. The first kappa shape index (κ1) is 27.2. The van der Waals surface area contributed by atoms with Crippen LogP contribution in [0.25, 0.3) is 0 Å². The third kappa shape index (κ3) is 8.73. The third-order valence-electron chi connectivity index (χ3n) is 5.23. The van der Waals surface area contributed by atoms with Crippen LogP contribution in [0.5, 0.6) is 5.75 Å². The van der Waals surface area contributed by atoms with Gasteiger partial charge in [-0.3, -0.25) is 4.57 Å². The normalized spacial score (nSPS) is 13.1. The van der Waals surface area contributed by atoms with Crippen molar-refractivity contribution in [1.29, 1.82) is 0 Å². The Labute approximate surface area is 185 Å². The van der Waals surface area contributed by atoms with E-state index in [0.29, 0.717) is 19.0 Å². The monoisotopic (exact) mass is 440 g/mol. The van der Waals surface area contributed by atoms with Crippen LogP contribution >= 0.6 is 7.60 Å². The van der Waals surface area contributed by atoms with Gasteiger partial charge in [0, 0.05) is 0 Å². The van der Waals surface area contributed by atoms with Crippen LogP contribution in [0, 0.1) is 0 Å². The average molecular weight is 441 g/mol. The van der Waals surface area contributed by atoms with Crippen molar-refractivity contribution in [3.63, 3.8) is 0 Å². The number of benzene rings is 1. The van der Waals surface area contributed by atoms with Crippen LogP contribution in [0.1, 0.15) is 111 Å². The highest BCUT2D eigenvalue weighted by Crippen LogP contribution is 2.53. The van der Waals surface area contributed by atoms with Crippen LogP contribution in [-0.2, 0) is 30.6 Å². The van der Waals surface area contributed by atoms with Crippen molar-refractivity contribution in [2.45, 2.75) is 111 Å². The highest BCUT2D eigenvalue weighted by Gasteiger charge is 2.30. The van der Waals surface area contributed by atoms with Gasteiger partial charge in [-0.25, -0.2) is 0 Å². The van der Waals surface area contributed by atoms with Crippen molar-refractivity contribution in [1.82, 2.24) is 0 Å². The molecule has 174 valence electrons. The first-order valence-corrected chi connectivity index (χ1v) is 13.3. The van der Waals surface area contributed by atoms with E-state index in [1.165, 1.54) is 0 Å². The van der Waals surface area contributed by atoms with Crippen molar-refractivity contribution >= 4 is 7.60 Å². The van der Waals surface area contributed by atoms with Gasteiger partial charge in [0.15, 0.2) is 0 Å². The van der Waals surface area contributed by atoms with Gasteiger partial charge >= 0.3 is 7.60 Å². The molecule has 1 rings (SSSR count). The Balaban J connectivity index is 3.23. The molecule has 0 saturated heterocycles. The van der Waals surface area contributed by atoms with E-state index in [-0.39, 0.29) is 17.0 Å². The minimum atomic E-state index is -3.26. The lowest BCUT2D eigenvalue weighted by atomic mass is 9.78. The molecule has 5 heteroatoms. The zero-order valence-corrected chi connectivity index (χ0v) is 21.5. The van der Waals surface area contributed by atoms with Gasteiger partial charge in [0.25, 0.3) is 0 Å². The lowest BCUT2D eigenvalue weighted by Gasteiger charge is -2.29. The van der Waals surface area contributed by atoms with E-state index in [9.17, 15) is 9.67 Å². The van der Waals surface area contributed by atoms with E-state index in [0.717, 1.165) is 55.2 Å². The highest BCUT2D eigenvalue weighted by atomic mass is 31.2. The molecule has 0 bridgehead atoms. The Bertz CT molecular complexity index is 647. The smallest absolute Gasteiger partial charge is 0.335 e. The van der Waals surface area contributed by atoms with E-state index < -0.39 is 7.60 Å². The molecule has 1 N–H and O–H groups in total. The van der Waals surface area contributed by atoms with Crippen molar-refractivity contribution in [3.8, 4) is 5.75 Å². The molecular formula is C25H45O4P. The second kappa shape index (κ2) is 11.7. The molecular weight excluding hydrogens is 395 g/mol. The molecule has 0 radical (unpaired) electrons. The predicted octanol–water partition coefficient (Wildman–Crippen LogP) is 8.09. The van der Waals surface area contributed by atoms with Crippen LogP contribution in [-0.4, -0.2) is 18.3 Å². The second-order valence-electron chi connectivity index (χ2n) is 10.4. The lowest BCUT2D eigenvalue weighted by Crippen LogP contribution is -2.18. The van der Waals surface area contributed by atoms with Gasteiger partial charge in [0.2, 0.25) is 0 Å². The van der Waals surface area contributed by atoms with E-state index in [4.69, 9.17) is 9.05 Å². The summed E-state index contributed by atoms with van der Waals surface area (Å²) in [5, 5.41) is 11.0. The number of unbranched alkanes of at least 4 members (excludes halogenated alkanes) is 4. The first-order chi connectivity index (χ1) is 13.8. The largest absolute Gasteiger partial charge is 0.507 e. The molecule has 0 amide bonds. The van der Waals surface area contributed by atoms with E-state index in [1.807, 2.05) is 12.1 Å². The fourth-order valence-electron chi connectivity index (χ4n) is 3.39. The molecule has 0 saturated carbocycles. The van der Waals surface area contributed by atoms with E-state index in [1.54, 1.807) is 0 Å². The molecule has 0 atom stereocenters. The Morgan fingerprint density at radius 2 is 1.20 bits per heavy atom. The molecule has 0 aliphatic carbocycles. The van der Waals surface area contributed by atoms with Gasteiger partial charge in [-0.2, -0.15) is 0 Å². The van der Waals surface area contributed by atoms with Gasteiger partial charge < -0.3 is 14.2 Å². The standard InChI is InChI=1S/C25H45O4P/c1-9-11-13-15-28-30(27,29-16-14-12-10-2)19-20-17-21(24(3,4)5)23(26)22(18-20)25(6,7)8/h17-18,26H,9-16,19H2,1-8H3. The number of phenols is 1. The summed E-state index contributed by atoms with van der Waals surface area (Å²) in [5.41, 5.74) is 2.18. The Morgan fingerprint density at radius 1 is 0.800 bits per heavy atom. The minimum absolute atomic E-state index is 0.228. The number of rotatable bonds is 12. The fourth-order valence-corrected chi connectivity index (χ4v) is 5.09. The van der Waals surface area contributed by atoms with Gasteiger partial charge in [0.05, 0.1) is 19.4 Å². The van der Waals surface area contributed by atoms with Crippen molar-refractivity contribution in [3.05, 3.63) is 28.8 Å². The summed E-state index contributed by atoms with van der Waals surface area (Å²) in [6.07, 6.45) is 6.29. The van der Waals surface area contributed by atoms with Gasteiger partial charge in [-0.15, -0.1) is 0 Å². The van der Waals surface area contributed by atoms with E-state index >= 15 is 0 Å². The summed E-state index contributed by atoms with van der Waals surface area (Å²) >= 11 is 0. The quantitative estimate of drug-likeness (QED) is 0.263.